The number of unbranched alkanes of at least 4 members (excludes halogenated alkanes) is 2. The van der Waals surface area contributed by atoms with E-state index < -0.39 is 8.56 Å². The Balaban J connectivity index is 0. The molecule has 4 nitrogen and oxygen atoms in total. The summed E-state index contributed by atoms with van der Waals surface area (Å²) >= 11 is 0. The number of hydrogen-bond acceptors (Lipinski definition) is 4. The predicted molar refractivity (Wildman–Crippen MR) is 72.7 cm³/mol. The van der Waals surface area contributed by atoms with Crippen LogP contribution in [0.25, 0.3) is 0 Å². The van der Waals surface area contributed by atoms with Crippen LogP contribution >= 0.6 is 0 Å². The third-order valence-electron chi connectivity index (χ3n) is 2.60. The largest absolute Gasteiger partial charge is 0.397 e. The third kappa shape index (κ3) is 8.24. The third-order valence-corrected chi connectivity index (χ3v) is 5.86. The second-order valence-electron chi connectivity index (χ2n) is 4.03. The molecule has 1 atom stereocenters. The maximum Gasteiger partial charge on any atom is 0.351 e. The highest BCUT2D eigenvalue weighted by molar-refractivity contribution is 6.67. The molecule has 0 bridgehead atoms. The van der Waals surface area contributed by atoms with Crippen molar-refractivity contribution < 1.29 is 8.85 Å². The van der Waals surface area contributed by atoms with E-state index in [4.69, 9.17) is 14.6 Å². The van der Waals surface area contributed by atoms with E-state index in [1.54, 1.807) is 14.2 Å². The van der Waals surface area contributed by atoms with Crippen molar-refractivity contribution in [1.82, 2.24) is 5.32 Å². The molecule has 0 saturated heterocycles. The van der Waals surface area contributed by atoms with Crippen LogP contribution in [0.1, 0.15) is 32.6 Å². The van der Waals surface area contributed by atoms with E-state index in [1.165, 1.54) is 19.3 Å². The SMILES string of the molecule is CCCCCC(N)[Si](C)(OC)OC.CNC. The van der Waals surface area contributed by atoms with Gasteiger partial charge >= 0.3 is 8.56 Å². The Hall–Kier alpha value is 0.0569. The highest BCUT2D eigenvalue weighted by Gasteiger charge is 2.36. The highest BCUT2D eigenvalue weighted by atomic mass is 28.4. The normalized spacial score (nSPS) is 12.9. The van der Waals surface area contributed by atoms with Gasteiger partial charge in [0.2, 0.25) is 0 Å². The van der Waals surface area contributed by atoms with Gasteiger partial charge in [0.1, 0.15) is 0 Å². The highest BCUT2D eigenvalue weighted by Crippen LogP contribution is 2.14. The number of nitrogens with two attached hydrogens (primary N) is 1. The van der Waals surface area contributed by atoms with E-state index in [0.717, 1.165) is 6.42 Å². The molecular formula is C11H30N2O2Si. The molecule has 0 rings (SSSR count). The van der Waals surface area contributed by atoms with Gasteiger partial charge < -0.3 is 19.9 Å². The van der Waals surface area contributed by atoms with Crippen LogP contribution < -0.4 is 11.1 Å². The molecule has 0 aromatic carbocycles. The number of hydrogen-bond donors (Lipinski definition) is 2. The van der Waals surface area contributed by atoms with Crippen LogP contribution in [-0.4, -0.2) is 42.5 Å². The molecule has 0 aliphatic heterocycles. The fourth-order valence-corrected chi connectivity index (χ4v) is 2.76. The second kappa shape index (κ2) is 11.5. The van der Waals surface area contributed by atoms with Crippen LogP contribution in [0.4, 0.5) is 0 Å². The Kier molecular flexibility index (Phi) is 13.3. The zero-order valence-electron chi connectivity index (χ0n) is 11.8. The molecule has 5 heteroatoms. The molecule has 0 aromatic heterocycles. The van der Waals surface area contributed by atoms with Gasteiger partial charge in [0.05, 0.1) is 0 Å². The first-order valence-electron chi connectivity index (χ1n) is 5.96. The number of nitrogens with one attached hydrogen (secondary N) is 1. The molecule has 0 heterocycles. The van der Waals surface area contributed by atoms with Gasteiger partial charge in [-0.1, -0.05) is 26.2 Å². The topological polar surface area (TPSA) is 56.5 Å². The van der Waals surface area contributed by atoms with E-state index in [2.05, 4.69) is 12.2 Å². The van der Waals surface area contributed by atoms with Crippen molar-refractivity contribution in [3.05, 3.63) is 0 Å². The van der Waals surface area contributed by atoms with Crippen LogP contribution in [0, 0.1) is 0 Å². The van der Waals surface area contributed by atoms with Gasteiger partial charge in [0.25, 0.3) is 0 Å². The van der Waals surface area contributed by atoms with E-state index in [0.29, 0.717) is 0 Å². The Morgan fingerprint density at radius 1 is 1.19 bits per heavy atom. The molecule has 0 spiro atoms. The molecule has 0 fully saturated rings. The lowest BCUT2D eigenvalue weighted by Gasteiger charge is -2.29. The molecule has 0 aliphatic carbocycles. The van der Waals surface area contributed by atoms with Gasteiger partial charge in [-0.3, -0.25) is 0 Å². The van der Waals surface area contributed by atoms with Crippen LogP contribution in [0.15, 0.2) is 0 Å². The Bertz CT molecular complexity index is 144. The zero-order chi connectivity index (χ0) is 13.0. The van der Waals surface area contributed by atoms with Gasteiger partial charge in [-0.25, -0.2) is 0 Å². The van der Waals surface area contributed by atoms with Crippen molar-refractivity contribution in [2.45, 2.75) is 44.8 Å². The van der Waals surface area contributed by atoms with Crippen LogP contribution in [0.2, 0.25) is 6.55 Å². The summed E-state index contributed by atoms with van der Waals surface area (Å²) in [6.45, 7) is 4.21. The smallest absolute Gasteiger partial charge is 0.351 e. The molecule has 0 amide bonds. The first kappa shape index (κ1) is 18.4. The van der Waals surface area contributed by atoms with Crippen LogP contribution in [-0.2, 0) is 8.85 Å². The quantitative estimate of drug-likeness (QED) is 0.533. The molecule has 100 valence electrons. The average Bonchev–Trinajstić information content (AvgIpc) is 2.29. The van der Waals surface area contributed by atoms with Crippen molar-refractivity contribution in [2.24, 2.45) is 5.73 Å². The molecule has 0 saturated carbocycles. The van der Waals surface area contributed by atoms with E-state index in [9.17, 15) is 0 Å². The van der Waals surface area contributed by atoms with Gasteiger partial charge in [-0.05, 0) is 27.1 Å². The predicted octanol–water partition coefficient (Wildman–Crippen LogP) is 1.63. The van der Waals surface area contributed by atoms with Crippen molar-refractivity contribution in [1.29, 1.82) is 0 Å². The van der Waals surface area contributed by atoms with Crippen molar-refractivity contribution in [3.63, 3.8) is 0 Å². The fraction of sp³-hybridized carbons (Fsp3) is 1.00. The lowest BCUT2D eigenvalue weighted by molar-refractivity contribution is 0.235. The van der Waals surface area contributed by atoms with Crippen molar-refractivity contribution >= 4 is 8.56 Å². The monoisotopic (exact) mass is 250 g/mol. The van der Waals surface area contributed by atoms with Gasteiger partial charge in [-0.2, -0.15) is 0 Å². The van der Waals surface area contributed by atoms with Crippen LogP contribution in [0.3, 0.4) is 0 Å². The summed E-state index contributed by atoms with van der Waals surface area (Å²) in [4.78, 5) is 0. The lowest BCUT2D eigenvalue weighted by atomic mass is 10.2. The molecule has 0 aromatic rings. The summed E-state index contributed by atoms with van der Waals surface area (Å²) in [6, 6.07) is 0. The first-order chi connectivity index (χ1) is 7.52. The van der Waals surface area contributed by atoms with E-state index in [1.807, 2.05) is 20.6 Å². The standard InChI is InChI=1S/C9H23NO2Si.C2H7N/c1-5-6-7-8-9(10)13(4,11-2)12-3;1-3-2/h9H,5-8,10H2,1-4H3;3H,1-2H3. The second-order valence-corrected chi connectivity index (χ2v) is 7.62. The Morgan fingerprint density at radius 3 is 1.94 bits per heavy atom. The molecular weight excluding hydrogens is 220 g/mol. The minimum Gasteiger partial charge on any atom is -0.397 e. The molecule has 0 aliphatic rings. The minimum absolute atomic E-state index is 0.0917. The van der Waals surface area contributed by atoms with E-state index >= 15 is 0 Å². The summed E-state index contributed by atoms with van der Waals surface area (Å²) in [6.07, 6.45) is 4.65. The van der Waals surface area contributed by atoms with Crippen molar-refractivity contribution in [3.8, 4) is 0 Å². The summed E-state index contributed by atoms with van der Waals surface area (Å²) in [7, 11) is 5.06. The van der Waals surface area contributed by atoms with E-state index in [-0.39, 0.29) is 5.67 Å². The Labute approximate surface area is 102 Å². The summed E-state index contributed by atoms with van der Waals surface area (Å²) in [5.41, 5.74) is 6.12. The minimum atomic E-state index is -2.07. The maximum atomic E-state index is 6.03. The summed E-state index contributed by atoms with van der Waals surface area (Å²) in [5, 5.41) is 2.75. The summed E-state index contributed by atoms with van der Waals surface area (Å²) < 4.78 is 10.7. The zero-order valence-corrected chi connectivity index (χ0v) is 12.8. The average molecular weight is 250 g/mol. The number of rotatable bonds is 7. The van der Waals surface area contributed by atoms with Crippen LogP contribution in [0.5, 0.6) is 0 Å². The lowest BCUT2D eigenvalue weighted by Crippen LogP contribution is -2.54. The molecule has 16 heavy (non-hydrogen) atoms. The van der Waals surface area contributed by atoms with Crippen molar-refractivity contribution in [2.75, 3.05) is 28.3 Å². The fourth-order valence-electron chi connectivity index (χ4n) is 1.26. The van der Waals surface area contributed by atoms with Gasteiger partial charge in [0, 0.05) is 19.9 Å². The van der Waals surface area contributed by atoms with Gasteiger partial charge in [-0.15, -0.1) is 0 Å². The molecule has 1 unspecified atom stereocenters. The maximum absolute atomic E-state index is 6.03. The van der Waals surface area contributed by atoms with Gasteiger partial charge in [0.15, 0.2) is 0 Å². The Morgan fingerprint density at radius 2 is 1.62 bits per heavy atom. The molecule has 3 N–H and O–H groups in total. The first-order valence-corrected chi connectivity index (χ1v) is 8.36. The molecule has 0 radical (unpaired) electrons. The summed E-state index contributed by atoms with van der Waals surface area (Å²) in [5.74, 6) is 0.